The monoisotopic (exact) mass is 478 g/mol. The molecule has 0 amide bonds. The zero-order valence-corrected chi connectivity index (χ0v) is 19.5. The summed E-state index contributed by atoms with van der Waals surface area (Å²) in [5, 5.41) is 52.3. The summed E-state index contributed by atoms with van der Waals surface area (Å²) in [6.07, 6.45) is 1.50. The molecule has 0 saturated carbocycles. The summed E-state index contributed by atoms with van der Waals surface area (Å²) in [5.41, 5.74) is 5.29. The Hall–Kier alpha value is -4.64. The van der Waals surface area contributed by atoms with Crippen LogP contribution >= 0.6 is 0 Å². The molecule has 0 bridgehead atoms. The topological polar surface area (TPSA) is 101 Å². The van der Waals surface area contributed by atoms with Crippen LogP contribution in [0.25, 0.3) is 10.8 Å². The predicted molar refractivity (Wildman–Crippen MR) is 140 cm³/mol. The summed E-state index contributed by atoms with van der Waals surface area (Å²) in [6.45, 7) is 0. The van der Waals surface area contributed by atoms with Crippen LogP contribution in [0.5, 0.6) is 28.7 Å². The molecule has 0 unspecified atom stereocenters. The molecule has 5 aromatic rings. The Kier molecular flexibility index (Phi) is 6.13. The Morgan fingerprint density at radius 1 is 0.389 bits per heavy atom. The molecule has 5 heteroatoms. The van der Waals surface area contributed by atoms with Crippen molar-refractivity contribution in [3.8, 4) is 28.7 Å². The van der Waals surface area contributed by atoms with E-state index in [0.29, 0.717) is 35.8 Å². The number of fused-ring (bicyclic) bond motifs is 1. The highest BCUT2D eigenvalue weighted by atomic mass is 16.3. The normalized spacial score (nSPS) is 11.1. The third-order valence-electron chi connectivity index (χ3n) is 6.47. The van der Waals surface area contributed by atoms with E-state index in [4.69, 9.17) is 0 Å². The first kappa shape index (κ1) is 23.1. The van der Waals surface area contributed by atoms with Gasteiger partial charge >= 0.3 is 0 Å². The molecule has 0 heterocycles. The molecule has 0 aliphatic carbocycles. The zero-order chi connectivity index (χ0) is 25.2. The van der Waals surface area contributed by atoms with Crippen molar-refractivity contribution < 1.29 is 25.5 Å². The quantitative estimate of drug-likeness (QED) is 0.202. The molecule has 0 saturated heterocycles. The third kappa shape index (κ3) is 4.91. The fourth-order valence-corrected chi connectivity index (χ4v) is 4.55. The summed E-state index contributed by atoms with van der Waals surface area (Å²) in [4.78, 5) is 0. The number of phenolic OH excluding ortho intramolecular Hbond substituents is 5. The molecule has 5 rings (SSSR count). The Balaban J connectivity index is 1.62. The van der Waals surface area contributed by atoms with Gasteiger partial charge in [0, 0.05) is 18.2 Å². The lowest BCUT2D eigenvalue weighted by molar-refractivity contribution is 0.465. The molecule has 180 valence electrons. The molecule has 0 atom stereocenters. The molecular formula is C31H26O5. The maximum Gasteiger partial charge on any atom is 0.127 e. The average Bonchev–Trinajstić information content (AvgIpc) is 2.87. The first-order valence-corrected chi connectivity index (χ1v) is 11.7. The Labute approximate surface area is 208 Å². The maximum atomic E-state index is 11.2. The highest BCUT2D eigenvalue weighted by Gasteiger charge is 2.16. The molecule has 36 heavy (non-hydrogen) atoms. The Bertz CT molecular complexity index is 1520. The van der Waals surface area contributed by atoms with Gasteiger partial charge in [-0.25, -0.2) is 0 Å². The van der Waals surface area contributed by atoms with Crippen molar-refractivity contribution >= 4 is 10.8 Å². The SMILES string of the molecule is Oc1ccc(Cc2cc3c(Cc4ccc(O)cc4)cc(Cc4ccc(O)cc4)c(O)c3cc2O)cc1. The van der Waals surface area contributed by atoms with Crippen LogP contribution in [0.3, 0.4) is 0 Å². The van der Waals surface area contributed by atoms with Gasteiger partial charge in [0.25, 0.3) is 0 Å². The summed E-state index contributed by atoms with van der Waals surface area (Å²) < 4.78 is 0. The summed E-state index contributed by atoms with van der Waals surface area (Å²) in [7, 11) is 0. The van der Waals surface area contributed by atoms with Crippen LogP contribution in [-0.2, 0) is 19.3 Å². The van der Waals surface area contributed by atoms with Gasteiger partial charge in [-0.15, -0.1) is 0 Å². The number of aromatic hydroxyl groups is 5. The smallest absolute Gasteiger partial charge is 0.127 e. The summed E-state index contributed by atoms with van der Waals surface area (Å²) in [6, 6.07) is 26.3. The molecule has 5 nitrogen and oxygen atoms in total. The van der Waals surface area contributed by atoms with Crippen LogP contribution in [0.4, 0.5) is 0 Å². The van der Waals surface area contributed by atoms with Crippen LogP contribution < -0.4 is 0 Å². The molecule has 0 aromatic heterocycles. The molecule has 0 fully saturated rings. The molecule has 0 aliphatic heterocycles. The van der Waals surface area contributed by atoms with E-state index in [1.54, 1.807) is 42.5 Å². The highest BCUT2D eigenvalue weighted by molar-refractivity contribution is 5.94. The maximum absolute atomic E-state index is 11.2. The predicted octanol–water partition coefficient (Wildman–Crippen LogP) is 6.14. The van der Waals surface area contributed by atoms with E-state index in [1.807, 2.05) is 48.5 Å². The average molecular weight is 479 g/mol. The minimum atomic E-state index is 0.0863. The van der Waals surface area contributed by atoms with Gasteiger partial charge in [0.2, 0.25) is 0 Å². The van der Waals surface area contributed by atoms with E-state index < -0.39 is 0 Å². The molecule has 0 aliphatic rings. The van der Waals surface area contributed by atoms with Crippen molar-refractivity contribution in [1.29, 1.82) is 0 Å². The lowest BCUT2D eigenvalue weighted by Gasteiger charge is -2.16. The first-order valence-electron chi connectivity index (χ1n) is 11.7. The van der Waals surface area contributed by atoms with Gasteiger partial charge in [0.05, 0.1) is 0 Å². The minimum Gasteiger partial charge on any atom is -0.508 e. The number of benzene rings is 5. The van der Waals surface area contributed by atoms with Crippen LogP contribution in [0, 0.1) is 0 Å². The van der Waals surface area contributed by atoms with Gasteiger partial charge in [0.15, 0.2) is 0 Å². The summed E-state index contributed by atoms with van der Waals surface area (Å²) in [5.74, 6) is 0.759. The molecular weight excluding hydrogens is 452 g/mol. The first-order chi connectivity index (χ1) is 17.4. The van der Waals surface area contributed by atoms with Crippen LogP contribution in [-0.4, -0.2) is 25.5 Å². The number of rotatable bonds is 6. The zero-order valence-electron chi connectivity index (χ0n) is 19.5. The lowest BCUT2D eigenvalue weighted by atomic mass is 9.90. The standard InChI is InChI=1S/C31H26O5/c32-25-7-1-19(2-8-25)13-22-16-24(15-21-5-11-27(34)12-6-21)31(36)29-18-30(35)23(17-28(22)29)14-20-3-9-26(33)10-4-20/h1-12,16-18,32-36H,13-15H2. The Morgan fingerprint density at radius 3 is 1.28 bits per heavy atom. The number of hydrogen-bond donors (Lipinski definition) is 5. The van der Waals surface area contributed by atoms with Crippen molar-refractivity contribution in [3.63, 3.8) is 0 Å². The number of hydrogen-bond acceptors (Lipinski definition) is 5. The minimum absolute atomic E-state index is 0.0863. The lowest BCUT2D eigenvalue weighted by Crippen LogP contribution is -1.98. The van der Waals surface area contributed by atoms with Crippen molar-refractivity contribution in [2.45, 2.75) is 19.3 Å². The van der Waals surface area contributed by atoms with Crippen LogP contribution in [0.1, 0.15) is 33.4 Å². The van der Waals surface area contributed by atoms with Gasteiger partial charge in [-0.1, -0.05) is 42.5 Å². The van der Waals surface area contributed by atoms with E-state index in [-0.39, 0.29) is 28.7 Å². The van der Waals surface area contributed by atoms with Crippen molar-refractivity contribution in [1.82, 2.24) is 0 Å². The fourth-order valence-electron chi connectivity index (χ4n) is 4.55. The summed E-state index contributed by atoms with van der Waals surface area (Å²) >= 11 is 0. The number of phenols is 5. The second-order valence-corrected chi connectivity index (χ2v) is 9.10. The van der Waals surface area contributed by atoms with E-state index in [0.717, 1.165) is 27.6 Å². The van der Waals surface area contributed by atoms with E-state index in [1.165, 1.54) is 0 Å². The fraction of sp³-hybridized carbons (Fsp3) is 0.0968. The van der Waals surface area contributed by atoms with Crippen molar-refractivity contribution in [2.24, 2.45) is 0 Å². The van der Waals surface area contributed by atoms with Crippen LogP contribution in [0.15, 0.2) is 91.0 Å². The molecule has 5 aromatic carbocycles. The van der Waals surface area contributed by atoms with Gasteiger partial charge in [-0.3, -0.25) is 0 Å². The van der Waals surface area contributed by atoms with Crippen LogP contribution in [0.2, 0.25) is 0 Å². The van der Waals surface area contributed by atoms with Gasteiger partial charge < -0.3 is 25.5 Å². The third-order valence-corrected chi connectivity index (χ3v) is 6.47. The van der Waals surface area contributed by atoms with E-state index in [2.05, 4.69) is 0 Å². The van der Waals surface area contributed by atoms with Crippen molar-refractivity contribution in [2.75, 3.05) is 0 Å². The van der Waals surface area contributed by atoms with Gasteiger partial charge in [-0.05, 0) is 93.7 Å². The molecule has 5 N–H and O–H groups in total. The van der Waals surface area contributed by atoms with E-state index >= 15 is 0 Å². The second-order valence-electron chi connectivity index (χ2n) is 9.10. The largest absolute Gasteiger partial charge is 0.508 e. The van der Waals surface area contributed by atoms with Crippen molar-refractivity contribution in [3.05, 3.63) is 124 Å². The second kappa shape index (κ2) is 9.55. The molecule has 0 spiro atoms. The van der Waals surface area contributed by atoms with Gasteiger partial charge in [0.1, 0.15) is 28.7 Å². The van der Waals surface area contributed by atoms with E-state index in [9.17, 15) is 25.5 Å². The highest BCUT2D eigenvalue weighted by Crippen LogP contribution is 2.38. The Morgan fingerprint density at radius 2 is 0.806 bits per heavy atom. The van der Waals surface area contributed by atoms with Gasteiger partial charge in [-0.2, -0.15) is 0 Å². The molecule has 0 radical (unpaired) electrons.